The lowest BCUT2D eigenvalue weighted by atomic mass is 10.0. The molecule has 0 amide bonds. The van der Waals surface area contributed by atoms with Crippen LogP contribution in [0.25, 0.3) is 0 Å². The molecule has 6 heteroatoms. The summed E-state index contributed by atoms with van der Waals surface area (Å²) in [6.45, 7) is 9.03. The largest absolute Gasteiger partial charge is 0.308 e. The van der Waals surface area contributed by atoms with Crippen molar-refractivity contribution in [2.24, 2.45) is 0 Å². The Kier molecular flexibility index (Phi) is 6.55. The van der Waals surface area contributed by atoms with Crippen molar-refractivity contribution in [3.63, 3.8) is 0 Å². The van der Waals surface area contributed by atoms with Crippen LogP contribution in [-0.4, -0.2) is 49.8 Å². The van der Waals surface area contributed by atoms with Crippen LogP contribution in [0.4, 0.5) is 0 Å². The van der Waals surface area contributed by atoms with Gasteiger partial charge in [-0.05, 0) is 76.2 Å². The SMILES string of the molecule is Cc1cc(C)c(C)c(S(=O)(=O)N(CCN(C)C)Cc2ccccn2)c1C. The van der Waals surface area contributed by atoms with E-state index in [0.717, 1.165) is 27.9 Å². The van der Waals surface area contributed by atoms with Gasteiger partial charge in [0.1, 0.15) is 0 Å². The Labute approximate surface area is 157 Å². The molecule has 0 aliphatic heterocycles. The minimum Gasteiger partial charge on any atom is -0.308 e. The summed E-state index contributed by atoms with van der Waals surface area (Å²) in [5, 5.41) is 0. The van der Waals surface area contributed by atoms with E-state index in [2.05, 4.69) is 4.98 Å². The third-order valence-corrected chi connectivity index (χ3v) is 6.88. The number of benzene rings is 1. The highest BCUT2D eigenvalue weighted by Gasteiger charge is 2.29. The van der Waals surface area contributed by atoms with E-state index in [1.807, 2.05) is 71.0 Å². The Morgan fingerprint density at radius 2 is 1.58 bits per heavy atom. The Bertz CT molecular complexity index is 836. The van der Waals surface area contributed by atoms with E-state index >= 15 is 0 Å². The number of rotatable bonds is 7. The first kappa shape index (κ1) is 20.6. The van der Waals surface area contributed by atoms with E-state index in [9.17, 15) is 8.42 Å². The highest BCUT2D eigenvalue weighted by atomic mass is 32.2. The molecule has 0 saturated heterocycles. The molecule has 0 N–H and O–H groups in total. The fourth-order valence-corrected chi connectivity index (χ4v) is 4.94. The average molecular weight is 376 g/mol. The van der Waals surface area contributed by atoms with Gasteiger partial charge in [-0.25, -0.2) is 8.42 Å². The maximum Gasteiger partial charge on any atom is 0.244 e. The van der Waals surface area contributed by atoms with Crippen LogP contribution in [0.2, 0.25) is 0 Å². The molecule has 0 spiro atoms. The number of likely N-dealkylation sites (N-methyl/N-ethyl adjacent to an activating group) is 1. The lowest BCUT2D eigenvalue weighted by molar-refractivity contribution is 0.327. The zero-order chi connectivity index (χ0) is 19.5. The Hall–Kier alpha value is -1.76. The maximum absolute atomic E-state index is 13.6. The second kappa shape index (κ2) is 8.29. The number of hydrogen-bond acceptors (Lipinski definition) is 4. The maximum atomic E-state index is 13.6. The van der Waals surface area contributed by atoms with Gasteiger partial charge in [-0.2, -0.15) is 4.31 Å². The zero-order valence-corrected chi connectivity index (χ0v) is 17.4. The summed E-state index contributed by atoms with van der Waals surface area (Å²) in [6.07, 6.45) is 1.69. The van der Waals surface area contributed by atoms with Crippen LogP contribution in [0.5, 0.6) is 0 Å². The van der Waals surface area contributed by atoms with Crippen LogP contribution in [0.1, 0.15) is 27.9 Å². The summed E-state index contributed by atoms with van der Waals surface area (Å²) < 4.78 is 28.7. The molecule has 0 aliphatic carbocycles. The van der Waals surface area contributed by atoms with Gasteiger partial charge in [-0.1, -0.05) is 12.1 Å². The van der Waals surface area contributed by atoms with Crippen LogP contribution < -0.4 is 0 Å². The zero-order valence-electron chi connectivity index (χ0n) is 16.6. The summed E-state index contributed by atoms with van der Waals surface area (Å²) in [6, 6.07) is 7.62. The minimum atomic E-state index is -3.63. The highest BCUT2D eigenvalue weighted by molar-refractivity contribution is 7.89. The summed E-state index contributed by atoms with van der Waals surface area (Å²) >= 11 is 0. The van der Waals surface area contributed by atoms with Crippen molar-refractivity contribution >= 4 is 10.0 Å². The van der Waals surface area contributed by atoms with Gasteiger partial charge in [0.2, 0.25) is 10.0 Å². The fraction of sp³-hybridized carbons (Fsp3) is 0.450. The molecule has 142 valence electrons. The molecule has 0 aliphatic rings. The molecule has 0 saturated carbocycles. The monoisotopic (exact) mass is 375 g/mol. The van der Waals surface area contributed by atoms with E-state index in [-0.39, 0.29) is 6.54 Å². The van der Waals surface area contributed by atoms with Crippen molar-refractivity contribution in [3.8, 4) is 0 Å². The Balaban J connectivity index is 2.52. The summed E-state index contributed by atoms with van der Waals surface area (Å²) in [5.74, 6) is 0. The van der Waals surface area contributed by atoms with E-state index in [1.165, 1.54) is 0 Å². The van der Waals surface area contributed by atoms with E-state index in [4.69, 9.17) is 0 Å². The fourth-order valence-electron chi connectivity index (χ4n) is 2.96. The predicted octanol–water partition coefficient (Wildman–Crippen LogP) is 3.07. The summed E-state index contributed by atoms with van der Waals surface area (Å²) in [7, 11) is 0.252. The highest BCUT2D eigenvalue weighted by Crippen LogP contribution is 2.29. The predicted molar refractivity (Wildman–Crippen MR) is 106 cm³/mol. The minimum absolute atomic E-state index is 0.267. The van der Waals surface area contributed by atoms with Crippen molar-refractivity contribution in [2.75, 3.05) is 27.2 Å². The normalized spacial score (nSPS) is 12.2. The van der Waals surface area contributed by atoms with Gasteiger partial charge in [0.05, 0.1) is 17.1 Å². The van der Waals surface area contributed by atoms with E-state index in [0.29, 0.717) is 18.0 Å². The third-order valence-electron chi connectivity index (χ3n) is 4.76. The van der Waals surface area contributed by atoms with Gasteiger partial charge >= 0.3 is 0 Å². The molecule has 0 radical (unpaired) electrons. The molecule has 1 heterocycles. The number of aromatic nitrogens is 1. The van der Waals surface area contributed by atoms with Crippen LogP contribution >= 0.6 is 0 Å². The molecular weight excluding hydrogens is 346 g/mol. The second-order valence-corrected chi connectivity index (χ2v) is 8.93. The summed E-state index contributed by atoms with van der Waals surface area (Å²) in [4.78, 5) is 6.74. The van der Waals surface area contributed by atoms with Gasteiger partial charge in [0, 0.05) is 19.3 Å². The van der Waals surface area contributed by atoms with Crippen molar-refractivity contribution in [2.45, 2.75) is 39.1 Å². The Morgan fingerprint density at radius 3 is 2.08 bits per heavy atom. The third kappa shape index (κ3) is 4.50. The van der Waals surface area contributed by atoms with Gasteiger partial charge in [-0.15, -0.1) is 0 Å². The van der Waals surface area contributed by atoms with Crippen LogP contribution in [-0.2, 0) is 16.6 Å². The topological polar surface area (TPSA) is 53.5 Å². The van der Waals surface area contributed by atoms with Gasteiger partial charge in [-0.3, -0.25) is 4.98 Å². The quantitative estimate of drug-likeness (QED) is 0.746. The van der Waals surface area contributed by atoms with Crippen molar-refractivity contribution in [1.29, 1.82) is 0 Å². The smallest absolute Gasteiger partial charge is 0.244 e. The standard InChI is InChI=1S/C20H29N3O2S/c1-15-13-16(2)18(4)20(17(15)3)26(24,25)23(12-11-22(5)6)14-19-9-7-8-10-21-19/h7-10,13H,11-12,14H2,1-6H3. The lowest BCUT2D eigenvalue weighted by Gasteiger charge is -2.26. The van der Waals surface area contributed by atoms with Gasteiger partial charge in [0.25, 0.3) is 0 Å². The van der Waals surface area contributed by atoms with E-state index in [1.54, 1.807) is 10.5 Å². The molecule has 2 aromatic rings. The molecule has 26 heavy (non-hydrogen) atoms. The Morgan fingerprint density at radius 1 is 0.962 bits per heavy atom. The molecule has 0 fully saturated rings. The first-order chi connectivity index (χ1) is 12.1. The van der Waals surface area contributed by atoms with Gasteiger partial charge in [0.15, 0.2) is 0 Å². The van der Waals surface area contributed by atoms with Crippen molar-refractivity contribution < 1.29 is 8.42 Å². The molecule has 0 bridgehead atoms. The van der Waals surface area contributed by atoms with Crippen LogP contribution in [0, 0.1) is 27.7 Å². The first-order valence-electron chi connectivity index (χ1n) is 8.76. The number of sulfonamides is 1. The molecule has 1 aromatic heterocycles. The first-order valence-corrected chi connectivity index (χ1v) is 10.2. The molecule has 1 aromatic carbocycles. The van der Waals surface area contributed by atoms with Crippen molar-refractivity contribution in [3.05, 3.63) is 58.4 Å². The van der Waals surface area contributed by atoms with Crippen molar-refractivity contribution in [1.82, 2.24) is 14.2 Å². The summed E-state index contributed by atoms with van der Waals surface area (Å²) in [5.41, 5.74) is 4.39. The average Bonchev–Trinajstić information content (AvgIpc) is 2.57. The van der Waals surface area contributed by atoms with Crippen LogP contribution in [0.3, 0.4) is 0 Å². The molecule has 0 atom stereocenters. The number of hydrogen-bond donors (Lipinski definition) is 0. The molecule has 2 rings (SSSR count). The number of nitrogens with zero attached hydrogens (tertiary/aromatic N) is 3. The van der Waals surface area contributed by atoms with Gasteiger partial charge < -0.3 is 4.90 Å². The second-order valence-electron chi connectivity index (χ2n) is 7.05. The molecule has 0 unspecified atom stereocenters. The van der Waals surface area contributed by atoms with E-state index < -0.39 is 10.0 Å². The number of aryl methyl sites for hydroxylation is 2. The molecule has 5 nitrogen and oxygen atoms in total. The van der Waals surface area contributed by atoms with Crippen LogP contribution in [0.15, 0.2) is 35.4 Å². The lowest BCUT2D eigenvalue weighted by Crippen LogP contribution is -2.37. The molecular formula is C20H29N3O2S. The number of pyridine rings is 1.